The topological polar surface area (TPSA) is 96.4 Å². The van der Waals surface area contributed by atoms with E-state index in [0.29, 0.717) is 17.9 Å². The molecule has 4 rings (SSSR count). The molecule has 2 aromatic carbocycles. The summed E-state index contributed by atoms with van der Waals surface area (Å²) in [6.45, 7) is 5.57. The molecule has 1 atom stereocenters. The van der Waals surface area contributed by atoms with Crippen LogP contribution in [-0.4, -0.2) is 33.9 Å². The van der Waals surface area contributed by atoms with Crippen LogP contribution in [-0.2, 0) is 7.05 Å². The van der Waals surface area contributed by atoms with Gasteiger partial charge >= 0.3 is 0 Å². The van der Waals surface area contributed by atoms with Crippen molar-refractivity contribution in [2.24, 2.45) is 7.05 Å². The van der Waals surface area contributed by atoms with E-state index in [1.807, 2.05) is 30.3 Å². The van der Waals surface area contributed by atoms with Gasteiger partial charge < -0.3 is 25.6 Å². The Kier molecular flexibility index (Phi) is 5.69. The third-order valence-corrected chi connectivity index (χ3v) is 5.98. The van der Waals surface area contributed by atoms with Gasteiger partial charge in [0.2, 0.25) is 0 Å². The van der Waals surface area contributed by atoms with Gasteiger partial charge in [-0.15, -0.1) is 0 Å². The number of aliphatic hydroxyl groups excluding tert-OH is 1. The zero-order valence-corrected chi connectivity index (χ0v) is 18.2. The monoisotopic (exact) mass is 419 g/mol. The van der Waals surface area contributed by atoms with Gasteiger partial charge in [-0.2, -0.15) is 0 Å². The minimum Gasteiger partial charge on any atom is -0.397 e. The molecule has 0 saturated carbocycles. The number of aliphatic hydroxyl groups is 1. The van der Waals surface area contributed by atoms with Crippen molar-refractivity contribution in [3.8, 4) is 11.3 Å². The SMILES string of the molecule is Cc1cccc(-c2cn(C)c(=O)c(Nc3ccc(N4CCCC(O)C4)c(N)c3)n2)c1C. The van der Waals surface area contributed by atoms with Crippen LogP contribution < -0.4 is 21.5 Å². The fourth-order valence-electron chi connectivity index (χ4n) is 4.08. The van der Waals surface area contributed by atoms with E-state index in [0.717, 1.165) is 41.9 Å². The molecule has 0 bridgehead atoms. The third-order valence-electron chi connectivity index (χ3n) is 5.98. The zero-order chi connectivity index (χ0) is 22.1. The molecule has 0 aliphatic carbocycles. The summed E-state index contributed by atoms with van der Waals surface area (Å²) in [4.78, 5) is 19.4. The molecule has 1 fully saturated rings. The van der Waals surface area contributed by atoms with Crippen LogP contribution in [0.2, 0.25) is 0 Å². The summed E-state index contributed by atoms with van der Waals surface area (Å²) in [6, 6.07) is 11.7. The summed E-state index contributed by atoms with van der Waals surface area (Å²) < 4.78 is 1.54. The van der Waals surface area contributed by atoms with Crippen LogP contribution >= 0.6 is 0 Å². The molecule has 1 aliphatic heterocycles. The van der Waals surface area contributed by atoms with Crippen molar-refractivity contribution in [1.82, 2.24) is 9.55 Å². The van der Waals surface area contributed by atoms with Crippen LogP contribution in [0.1, 0.15) is 24.0 Å². The Balaban J connectivity index is 1.65. The number of β-amino-alcohol motifs (C(OH)–C–C–N with tert-alkyl or cyclic N) is 1. The number of nitrogens with zero attached hydrogens (tertiary/aromatic N) is 3. The molecular weight excluding hydrogens is 390 g/mol. The van der Waals surface area contributed by atoms with E-state index in [4.69, 9.17) is 5.73 Å². The van der Waals surface area contributed by atoms with Crippen LogP contribution in [0.25, 0.3) is 11.3 Å². The average Bonchev–Trinajstić information content (AvgIpc) is 2.73. The lowest BCUT2D eigenvalue weighted by Crippen LogP contribution is -2.38. The van der Waals surface area contributed by atoms with Gasteiger partial charge in [-0.25, -0.2) is 4.98 Å². The quantitative estimate of drug-likeness (QED) is 0.561. The Bertz CT molecular complexity index is 1170. The first kappa shape index (κ1) is 20.9. The van der Waals surface area contributed by atoms with E-state index in [-0.39, 0.29) is 17.5 Å². The molecule has 0 spiro atoms. The molecule has 3 aromatic rings. The summed E-state index contributed by atoms with van der Waals surface area (Å²) in [7, 11) is 1.73. The number of benzene rings is 2. The van der Waals surface area contributed by atoms with Gasteiger partial charge in [-0.05, 0) is 56.0 Å². The largest absolute Gasteiger partial charge is 0.397 e. The Labute approximate surface area is 182 Å². The minimum atomic E-state index is -0.328. The lowest BCUT2D eigenvalue weighted by molar-refractivity contribution is 0.154. The number of nitrogen functional groups attached to an aromatic ring is 1. The van der Waals surface area contributed by atoms with Crippen molar-refractivity contribution in [3.63, 3.8) is 0 Å². The number of rotatable bonds is 4. The molecule has 1 saturated heterocycles. The lowest BCUT2D eigenvalue weighted by Gasteiger charge is -2.32. The number of nitrogens with two attached hydrogens (primary N) is 1. The molecule has 2 heterocycles. The van der Waals surface area contributed by atoms with Crippen molar-refractivity contribution < 1.29 is 5.11 Å². The maximum Gasteiger partial charge on any atom is 0.293 e. The van der Waals surface area contributed by atoms with E-state index in [2.05, 4.69) is 35.1 Å². The first-order valence-corrected chi connectivity index (χ1v) is 10.6. The normalized spacial score (nSPS) is 16.4. The van der Waals surface area contributed by atoms with Gasteiger partial charge in [0.25, 0.3) is 5.56 Å². The molecule has 1 unspecified atom stereocenters. The highest BCUT2D eigenvalue weighted by molar-refractivity contribution is 5.75. The van der Waals surface area contributed by atoms with Crippen molar-refractivity contribution in [2.75, 3.05) is 29.0 Å². The van der Waals surface area contributed by atoms with Gasteiger partial charge in [0.05, 0.1) is 23.2 Å². The summed E-state index contributed by atoms with van der Waals surface area (Å²) in [6.07, 6.45) is 3.19. The van der Waals surface area contributed by atoms with E-state index < -0.39 is 0 Å². The highest BCUT2D eigenvalue weighted by Crippen LogP contribution is 2.30. The van der Waals surface area contributed by atoms with Crippen LogP contribution in [0, 0.1) is 13.8 Å². The Morgan fingerprint density at radius 2 is 2.03 bits per heavy atom. The van der Waals surface area contributed by atoms with Gasteiger partial charge in [0.15, 0.2) is 5.82 Å². The Morgan fingerprint density at radius 1 is 1.23 bits per heavy atom. The van der Waals surface area contributed by atoms with Crippen LogP contribution in [0.5, 0.6) is 0 Å². The fraction of sp³-hybridized carbons (Fsp3) is 0.333. The van der Waals surface area contributed by atoms with Gasteiger partial charge in [-0.3, -0.25) is 4.79 Å². The predicted octanol–water partition coefficient (Wildman–Crippen LogP) is 3.35. The molecule has 0 amide bonds. The van der Waals surface area contributed by atoms with Crippen molar-refractivity contribution in [2.45, 2.75) is 32.8 Å². The molecule has 4 N–H and O–H groups in total. The number of aromatic nitrogens is 2. The van der Waals surface area contributed by atoms with Crippen LogP contribution in [0.15, 0.2) is 47.4 Å². The Hall–Kier alpha value is -3.32. The molecule has 31 heavy (non-hydrogen) atoms. The van der Waals surface area contributed by atoms with Gasteiger partial charge in [0, 0.05) is 37.6 Å². The van der Waals surface area contributed by atoms with Gasteiger partial charge in [0.1, 0.15) is 0 Å². The first-order valence-electron chi connectivity index (χ1n) is 10.6. The highest BCUT2D eigenvalue weighted by atomic mass is 16.3. The zero-order valence-electron chi connectivity index (χ0n) is 18.2. The number of hydrogen-bond acceptors (Lipinski definition) is 6. The summed E-state index contributed by atoms with van der Waals surface area (Å²) in [5.41, 5.74) is 12.3. The third kappa shape index (κ3) is 4.27. The summed E-state index contributed by atoms with van der Waals surface area (Å²) in [5.74, 6) is 0.251. The predicted molar refractivity (Wildman–Crippen MR) is 126 cm³/mol. The number of anilines is 4. The summed E-state index contributed by atoms with van der Waals surface area (Å²) in [5, 5.41) is 13.1. The smallest absolute Gasteiger partial charge is 0.293 e. The van der Waals surface area contributed by atoms with E-state index in [1.54, 1.807) is 17.8 Å². The van der Waals surface area contributed by atoms with E-state index in [1.165, 1.54) is 5.56 Å². The first-order chi connectivity index (χ1) is 14.8. The number of nitrogens with one attached hydrogen (secondary N) is 1. The molecule has 1 aromatic heterocycles. The molecule has 1 aliphatic rings. The Morgan fingerprint density at radius 3 is 2.77 bits per heavy atom. The second-order valence-electron chi connectivity index (χ2n) is 8.28. The van der Waals surface area contributed by atoms with Gasteiger partial charge in [-0.1, -0.05) is 18.2 Å². The minimum absolute atomic E-state index is 0.212. The van der Waals surface area contributed by atoms with Crippen molar-refractivity contribution in [1.29, 1.82) is 0 Å². The maximum atomic E-state index is 12.7. The van der Waals surface area contributed by atoms with Crippen LogP contribution in [0.3, 0.4) is 0 Å². The number of aryl methyl sites for hydroxylation is 2. The highest BCUT2D eigenvalue weighted by Gasteiger charge is 2.20. The molecule has 0 radical (unpaired) electrons. The van der Waals surface area contributed by atoms with Crippen molar-refractivity contribution in [3.05, 3.63) is 64.1 Å². The summed E-state index contributed by atoms with van der Waals surface area (Å²) >= 11 is 0. The second kappa shape index (κ2) is 8.43. The number of hydrogen-bond donors (Lipinski definition) is 3. The van der Waals surface area contributed by atoms with Crippen LogP contribution in [0.4, 0.5) is 22.9 Å². The second-order valence-corrected chi connectivity index (χ2v) is 8.28. The molecule has 7 heteroatoms. The van der Waals surface area contributed by atoms with E-state index in [9.17, 15) is 9.90 Å². The maximum absolute atomic E-state index is 12.7. The molecule has 162 valence electrons. The van der Waals surface area contributed by atoms with Crippen molar-refractivity contribution >= 4 is 22.9 Å². The fourth-order valence-corrected chi connectivity index (χ4v) is 4.08. The lowest BCUT2D eigenvalue weighted by atomic mass is 10.0. The standard InChI is InChI=1S/C24H29N5O2/c1-15-6-4-8-19(16(15)2)21-14-28(3)24(31)23(27-21)26-17-9-10-22(20(25)12-17)29-11-5-7-18(30)13-29/h4,6,8-10,12,14,18,30H,5,7,11,13,25H2,1-3H3,(H,26,27). The molecule has 7 nitrogen and oxygen atoms in total. The van der Waals surface area contributed by atoms with E-state index >= 15 is 0 Å². The average molecular weight is 420 g/mol. The molecular formula is C24H29N5O2. The number of piperidine rings is 1.